The Morgan fingerprint density at radius 3 is 2.37 bits per heavy atom. The van der Waals surface area contributed by atoms with Crippen LogP contribution in [0.3, 0.4) is 0 Å². The number of rotatable bonds is 4. The van der Waals surface area contributed by atoms with Crippen molar-refractivity contribution in [2.45, 2.75) is 19.7 Å². The Kier molecular flexibility index (Phi) is 7.37. The third-order valence-electron chi connectivity index (χ3n) is 4.01. The summed E-state index contributed by atoms with van der Waals surface area (Å²) < 4.78 is 50.1. The van der Waals surface area contributed by atoms with Crippen molar-refractivity contribution in [3.63, 3.8) is 0 Å². The molecular formula is C18H23F3N4O2. The first kappa shape index (κ1) is 20.9. The van der Waals surface area contributed by atoms with Gasteiger partial charge >= 0.3 is 6.18 Å². The van der Waals surface area contributed by atoms with Gasteiger partial charge in [-0.15, -0.1) is 0 Å². The van der Waals surface area contributed by atoms with Gasteiger partial charge < -0.3 is 20.1 Å². The summed E-state index contributed by atoms with van der Waals surface area (Å²) in [6, 6.07) is 4.08. The fourth-order valence-electron chi connectivity index (χ4n) is 2.63. The zero-order valence-electron chi connectivity index (χ0n) is 15.3. The normalized spacial score (nSPS) is 14.4. The second kappa shape index (κ2) is 9.52. The van der Waals surface area contributed by atoms with Crippen LogP contribution in [0.5, 0.6) is 5.75 Å². The molecule has 0 bridgehead atoms. The van der Waals surface area contributed by atoms with Gasteiger partial charge in [0.15, 0.2) is 5.75 Å². The van der Waals surface area contributed by atoms with E-state index >= 15 is 0 Å². The number of morpholine rings is 1. The van der Waals surface area contributed by atoms with Crippen LogP contribution in [-0.4, -0.2) is 43.3 Å². The van der Waals surface area contributed by atoms with E-state index in [0.717, 1.165) is 6.07 Å². The number of aromatic nitrogens is 2. The number of aryl methyl sites for hydroxylation is 1. The van der Waals surface area contributed by atoms with Crippen molar-refractivity contribution in [1.29, 1.82) is 0 Å². The number of anilines is 1. The first-order valence-corrected chi connectivity index (χ1v) is 8.46. The van der Waals surface area contributed by atoms with Crippen molar-refractivity contribution in [3.05, 3.63) is 47.3 Å². The van der Waals surface area contributed by atoms with Crippen LogP contribution in [0.4, 0.5) is 19.1 Å². The molecule has 1 aromatic carbocycles. The fourth-order valence-corrected chi connectivity index (χ4v) is 2.63. The molecule has 1 saturated heterocycles. The second-order valence-electron chi connectivity index (χ2n) is 5.71. The summed E-state index contributed by atoms with van der Waals surface area (Å²) in [6.07, 6.45) is -1.46. The number of benzene rings is 1. The maximum absolute atomic E-state index is 13.1. The summed E-state index contributed by atoms with van der Waals surface area (Å²) in [5.74, 6) is 0.885. The first-order chi connectivity index (χ1) is 12.9. The highest BCUT2D eigenvalue weighted by atomic mass is 19.4. The van der Waals surface area contributed by atoms with E-state index in [0.29, 0.717) is 43.6 Å². The minimum absolute atomic E-state index is 0.118. The van der Waals surface area contributed by atoms with Gasteiger partial charge in [0.05, 0.1) is 31.2 Å². The Hall–Kier alpha value is -2.39. The Bertz CT molecular complexity index is 718. The van der Waals surface area contributed by atoms with Gasteiger partial charge in [-0.1, -0.05) is 12.1 Å². The molecule has 0 amide bonds. The highest BCUT2D eigenvalue weighted by molar-refractivity contribution is 5.37. The lowest BCUT2D eigenvalue weighted by atomic mass is 10.0. The Morgan fingerprint density at radius 2 is 1.78 bits per heavy atom. The quantitative estimate of drug-likeness (QED) is 0.874. The average Bonchev–Trinajstić information content (AvgIpc) is 2.69. The van der Waals surface area contributed by atoms with Crippen LogP contribution >= 0.6 is 0 Å². The molecule has 2 heterocycles. The monoisotopic (exact) mass is 384 g/mol. The van der Waals surface area contributed by atoms with E-state index in [-0.39, 0.29) is 12.2 Å². The van der Waals surface area contributed by atoms with E-state index in [1.807, 2.05) is 4.90 Å². The Morgan fingerprint density at radius 1 is 1.15 bits per heavy atom. The van der Waals surface area contributed by atoms with Gasteiger partial charge in [0.1, 0.15) is 6.61 Å². The summed E-state index contributed by atoms with van der Waals surface area (Å²) in [5, 5.41) is 0. The molecule has 0 radical (unpaired) electrons. The molecule has 1 aliphatic heterocycles. The number of hydrogen-bond donors (Lipinski definition) is 1. The lowest BCUT2D eigenvalue weighted by Gasteiger charge is -2.26. The van der Waals surface area contributed by atoms with Crippen LogP contribution in [-0.2, 0) is 17.5 Å². The molecule has 2 N–H and O–H groups in total. The molecule has 0 unspecified atom stereocenters. The predicted octanol–water partition coefficient (Wildman–Crippen LogP) is 2.79. The van der Waals surface area contributed by atoms with E-state index in [4.69, 9.17) is 9.47 Å². The molecule has 148 valence electrons. The van der Waals surface area contributed by atoms with Gasteiger partial charge in [0.2, 0.25) is 5.95 Å². The molecule has 3 rings (SSSR count). The smallest absolute Gasteiger partial charge is 0.416 e. The van der Waals surface area contributed by atoms with Gasteiger partial charge in [0.25, 0.3) is 0 Å². The maximum atomic E-state index is 13.1. The Balaban J connectivity index is 0.00000126. The number of alkyl halides is 3. The molecule has 1 fully saturated rings. The zero-order chi connectivity index (χ0) is 19.9. The summed E-state index contributed by atoms with van der Waals surface area (Å²) in [6.45, 7) is 4.09. The van der Waals surface area contributed by atoms with Gasteiger partial charge in [-0.05, 0) is 25.6 Å². The molecule has 0 saturated carbocycles. The van der Waals surface area contributed by atoms with Crippen molar-refractivity contribution < 1.29 is 22.6 Å². The van der Waals surface area contributed by atoms with Crippen LogP contribution in [0.1, 0.15) is 16.7 Å². The van der Waals surface area contributed by atoms with Gasteiger partial charge in [0, 0.05) is 18.7 Å². The molecule has 27 heavy (non-hydrogen) atoms. The number of ether oxygens (including phenoxy) is 2. The third-order valence-corrected chi connectivity index (χ3v) is 4.01. The second-order valence-corrected chi connectivity index (χ2v) is 5.71. The van der Waals surface area contributed by atoms with Crippen LogP contribution in [0, 0.1) is 6.92 Å². The highest BCUT2D eigenvalue weighted by Gasteiger charge is 2.33. The topological polar surface area (TPSA) is 73.5 Å². The standard InChI is InChI=1S/C17H18F3N3O2.CH5N/c1-12-3-2-4-15(17(18,19)20)14(12)11-25-13-9-21-16(22-10-13)23-5-7-24-8-6-23;1-2/h2-4,9-10H,5-8,11H2,1H3;2H2,1H3. The van der Waals surface area contributed by atoms with E-state index in [2.05, 4.69) is 15.7 Å². The van der Waals surface area contributed by atoms with Gasteiger partial charge in [-0.3, -0.25) is 0 Å². The fraction of sp³-hybridized carbons (Fsp3) is 0.444. The molecule has 2 aromatic rings. The predicted molar refractivity (Wildman–Crippen MR) is 95.7 cm³/mol. The van der Waals surface area contributed by atoms with Crippen LogP contribution < -0.4 is 15.4 Å². The van der Waals surface area contributed by atoms with E-state index in [1.54, 1.807) is 13.0 Å². The molecule has 6 nitrogen and oxygen atoms in total. The number of halogens is 3. The minimum atomic E-state index is -4.42. The molecule has 0 atom stereocenters. The van der Waals surface area contributed by atoms with Crippen molar-refractivity contribution >= 4 is 5.95 Å². The maximum Gasteiger partial charge on any atom is 0.416 e. The average molecular weight is 384 g/mol. The largest absolute Gasteiger partial charge is 0.486 e. The molecular weight excluding hydrogens is 361 g/mol. The third kappa shape index (κ3) is 5.54. The molecule has 0 spiro atoms. The molecule has 9 heteroatoms. The van der Waals surface area contributed by atoms with Crippen LogP contribution in [0.25, 0.3) is 0 Å². The first-order valence-electron chi connectivity index (χ1n) is 8.46. The highest BCUT2D eigenvalue weighted by Crippen LogP contribution is 2.33. The lowest BCUT2D eigenvalue weighted by molar-refractivity contribution is -0.138. The van der Waals surface area contributed by atoms with Crippen molar-refractivity contribution in [2.24, 2.45) is 5.73 Å². The van der Waals surface area contributed by atoms with Crippen LogP contribution in [0.2, 0.25) is 0 Å². The summed E-state index contributed by atoms with van der Waals surface area (Å²) in [7, 11) is 1.50. The molecule has 1 aromatic heterocycles. The van der Waals surface area contributed by atoms with Gasteiger partial charge in [-0.25, -0.2) is 9.97 Å². The number of nitrogens with zero attached hydrogens (tertiary/aromatic N) is 3. The number of hydrogen-bond acceptors (Lipinski definition) is 6. The van der Waals surface area contributed by atoms with E-state index in [9.17, 15) is 13.2 Å². The zero-order valence-corrected chi connectivity index (χ0v) is 15.3. The van der Waals surface area contributed by atoms with Crippen LogP contribution in [0.15, 0.2) is 30.6 Å². The van der Waals surface area contributed by atoms with Gasteiger partial charge in [-0.2, -0.15) is 13.2 Å². The van der Waals surface area contributed by atoms with Crippen molar-refractivity contribution in [2.75, 3.05) is 38.3 Å². The molecule has 1 aliphatic rings. The minimum Gasteiger partial charge on any atom is -0.486 e. The SMILES string of the molecule is CN.Cc1cccc(C(F)(F)F)c1COc1cnc(N2CCOCC2)nc1. The van der Waals surface area contributed by atoms with Crippen molar-refractivity contribution in [3.8, 4) is 5.75 Å². The van der Waals surface area contributed by atoms with E-state index < -0.39 is 11.7 Å². The van der Waals surface area contributed by atoms with E-state index in [1.165, 1.54) is 25.5 Å². The summed E-state index contributed by atoms with van der Waals surface area (Å²) in [5.41, 5.74) is 4.46. The Labute approximate surface area is 156 Å². The summed E-state index contributed by atoms with van der Waals surface area (Å²) >= 11 is 0. The van der Waals surface area contributed by atoms with Crippen molar-refractivity contribution in [1.82, 2.24) is 9.97 Å². The lowest BCUT2D eigenvalue weighted by Crippen LogP contribution is -2.37. The molecule has 0 aliphatic carbocycles. The summed E-state index contributed by atoms with van der Waals surface area (Å²) in [4.78, 5) is 10.4. The number of nitrogens with two attached hydrogens (primary N) is 1.